The van der Waals surface area contributed by atoms with Gasteiger partial charge in [0.05, 0.1) is 11.1 Å². The lowest BCUT2D eigenvalue weighted by Gasteiger charge is -2.09. The molecule has 0 bridgehead atoms. The fourth-order valence-electron chi connectivity index (χ4n) is 1.53. The van der Waals surface area contributed by atoms with Crippen LogP contribution in [0.5, 0.6) is 0 Å². The maximum Gasteiger partial charge on any atom is 0.149 e. The fraction of sp³-hybridized carbons (Fsp3) is 0.364. The van der Waals surface area contributed by atoms with Crippen molar-refractivity contribution in [1.82, 2.24) is 0 Å². The van der Waals surface area contributed by atoms with Crippen LogP contribution in [0.25, 0.3) is 0 Å². The van der Waals surface area contributed by atoms with Crippen LogP contribution in [0.3, 0.4) is 0 Å². The number of benzene rings is 1. The Balaban J connectivity index is 2.21. The highest BCUT2D eigenvalue weighted by Crippen LogP contribution is 2.24. The molecule has 2 atom stereocenters. The Morgan fingerprint density at radius 3 is 2.88 bits per heavy atom. The molecule has 2 unspecified atom stereocenters. The van der Waals surface area contributed by atoms with Crippen molar-refractivity contribution in [3.63, 3.8) is 0 Å². The van der Waals surface area contributed by atoms with E-state index < -0.39 is 5.82 Å². The molecule has 2 nitrogen and oxygen atoms in total. The van der Waals surface area contributed by atoms with Gasteiger partial charge in [0.25, 0.3) is 0 Å². The Morgan fingerprint density at radius 1 is 1.56 bits per heavy atom. The SMILES string of the molecule is CC(Cl)C1CC(c2ccc(Cl)cc2F)=NO1. The number of halogens is 3. The lowest BCUT2D eigenvalue weighted by molar-refractivity contribution is 0.0855. The maximum atomic E-state index is 13.6. The van der Waals surface area contributed by atoms with Gasteiger partial charge in [0.1, 0.15) is 11.9 Å². The summed E-state index contributed by atoms with van der Waals surface area (Å²) < 4.78 is 13.6. The molecule has 1 heterocycles. The van der Waals surface area contributed by atoms with E-state index >= 15 is 0 Å². The summed E-state index contributed by atoms with van der Waals surface area (Å²) in [6.07, 6.45) is 0.329. The second kappa shape index (κ2) is 4.60. The average Bonchev–Trinajstić information content (AvgIpc) is 2.66. The Labute approximate surface area is 103 Å². The molecule has 0 N–H and O–H groups in total. The molecule has 0 spiro atoms. The summed E-state index contributed by atoms with van der Waals surface area (Å²) in [6, 6.07) is 4.48. The minimum absolute atomic E-state index is 0.156. The van der Waals surface area contributed by atoms with Crippen LogP contribution in [-0.4, -0.2) is 17.2 Å². The molecule has 1 aromatic carbocycles. The molecule has 0 saturated heterocycles. The third-order valence-corrected chi connectivity index (χ3v) is 2.96. The van der Waals surface area contributed by atoms with Gasteiger partial charge in [-0.05, 0) is 25.1 Å². The van der Waals surface area contributed by atoms with Crippen molar-refractivity contribution in [3.8, 4) is 0 Å². The highest BCUT2D eigenvalue weighted by molar-refractivity contribution is 6.30. The summed E-state index contributed by atoms with van der Waals surface area (Å²) in [6.45, 7) is 1.82. The zero-order valence-electron chi connectivity index (χ0n) is 8.58. The minimum Gasteiger partial charge on any atom is -0.390 e. The normalized spacial score (nSPS) is 21.5. The second-order valence-electron chi connectivity index (χ2n) is 3.69. The average molecular weight is 262 g/mol. The number of hydrogen-bond acceptors (Lipinski definition) is 2. The Hall–Kier alpha value is -0.800. The first kappa shape index (κ1) is 11.7. The standard InChI is InChI=1S/C11H10Cl2FNO/c1-6(12)11-5-10(15-16-11)8-3-2-7(13)4-9(8)14/h2-4,6,11H,5H2,1H3. The Bertz CT molecular complexity index is 434. The van der Waals surface area contributed by atoms with Crippen LogP contribution >= 0.6 is 23.2 Å². The van der Waals surface area contributed by atoms with Crippen molar-refractivity contribution in [2.45, 2.75) is 24.8 Å². The predicted octanol–water partition coefficient (Wildman–Crippen LogP) is 3.60. The third kappa shape index (κ3) is 2.30. The molecular weight excluding hydrogens is 252 g/mol. The monoisotopic (exact) mass is 261 g/mol. The van der Waals surface area contributed by atoms with E-state index in [0.717, 1.165) is 0 Å². The molecule has 2 rings (SSSR count). The lowest BCUT2D eigenvalue weighted by atomic mass is 10.0. The smallest absolute Gasteiger partial charge is 0.149 e. The van der Waals surface area contributed by atoms with E-state index in [-0.39, 0.29) is 11.5 Å². The van der Waals surface area contributed by atoms with Crippen molar-refractivity contribution in [2.24, 2.45) is 5.16 Å². The molecule has 5 heteroatoms. The number of hydrogen-bond donors (Lipinski definition) is 0. The predicted molar refractivity (Wildman–Crippen MR) is 62.8 cm³/mol. The molecule has 1 aromatic rings. The van der Waals surface area contributed by atoms with Crippen molar-refractivity contribution < 1.29 is 9.23 Å². The summed E-state index contributed by atoms with van der Waals surface area (Å²) in [5.74, 6) is -0.391. The summed E-state index contributed by atoms with van der Waals surface area (Å²) >= 11 is 11.6. The fourth-order valence-corrected chi connectivity index (χ4v) is 1.82. The van der Waals surface area contributed by atoms with Crippen LogP contribution in [0.2, 0.25) is 5.02 Å². The quantitative estimate of drug-likeness (QED) is 0.746. The van der Waals surface area contributed by atoms with Gasteiger partial charge in [-0.1, -0.05) is 16.8 Å². The molecule has 1 aliphatic rings. The molecule has 0 aromatic heterocycles. The van der Waals surface area contributed by atoms with Gasteiger partial charge in [-0.2, -0.15) is 0 Å². The molecule has 0 amide bonds. The first-order valence-corrected chi connectivity index (χ1v) is 5.71. The molecule has 0 fully saturated rings. The maximum absolute atomic E-state index is 13.6. The number of alkyl halides is 1. The van der Waals surface area contributed by atoms with Crippen LogP contribution in [0.4, 0.5) is 4.39 Å². The van der Waals surface area contributed by atoms with E-state index in [1.54, 1.807) is 12.1 Å². The van der Waals surface area contributed by atoms with Gasteiger partial charge in [0, 0.05) is 17.0 Å². The minimum atomic E-state index is -0.391. The van der Waals surface area contributed by atoms with Crippen LogP contribution in [0.1, 0.15) is 18.9 Å². The number of oxime groups is 1. The van der Waals surface area contributed by atoms with Gasteiger partial charge < -0.3 is 4.84 Å². The van der Waals surface area contributed by atoms with Crippen molar-refractivity contribution >= 4 is 28.9 Å². The van der Waals surface area contributed by atoms with Crippen LogP contribution < -0.4 is 0 Å². The van der Waals surface area contributed by atoms with Crippen LogP contribution in [0.15, 0.2) is 23.4 Å². The first-order chi connectivity index (χ1) is 7.58. The summed E-state index contributed by atoms with van der Waals surface area (Å²) in [7, 11) is 0. The number of rotatable bonds is 2. The summed E-state index contributed by atoms with van der Waals surface area (Å²) in [4.78, 5) is 5.12. The van der Waals surface area contributed by atoms with Gasteiger partial charge in [0.2, 0.25) is 0 Å². The summed E-state index contributed by atoms with van der Waals surface area (Å²) in [5, 5.41) is 4.06. The zero-order chi connectivity index (χ0) is 11.7. The molecule has 86 valence electrons. The second-order valence-corrected chi connectivity index (χ2v) is 4.81. The Kier molecular flexibility index (Phi) is 3.36. The molecule has 0 radical (unpaired) electrons. The first-order valence-electron chi connectivity index (χ1n) is 4.90. The molecule has 16 heavy (non-hydrogen) atoms. The van der Waals surface area contributed by atoms with Gasteiger partial charge in [-0.15, -0.1) is 11.6 Å². The lowest BCUT2D eigenvalue weighted by Crippen LogP contribution is -2.18. The van der Waals surface area contributed by atoms with E-state index in [1.165, 1.54) is 6.07 Å². The van der Waals surface area contributed by atoms with Crippen LogP contribution in [-0.2, 0) is 4.84 Å². The molecule has 0 aliphatic carbocycles. The Morgan fingerprint density at radius 2 is 2.31 bits per heavy atom. The van der Waals surface area contributed by atoms with Crippen molar-refractivity contribution in [3.05, 3.63) is 34.6 Å². The van der Waals surface area contributed by atoms with E-state index in [9.17, 15) is 4.39 Å². The number of nitrogens with zero attached hydrogens (tertiary/aromatic N) is 1. The topological polar surface area (TPSA) is 21.6 Å². The molecule has 0 saturated carbocycles. The molecular formula is C11H10Cl2FNO. The largest absolute Gasteiger partial charge is 0.390 e. The van der Waals surface area contributed by atoms with Crippen molar-refractivity contribution in [2.75, 3.05) is 0 Å². The van der Waals surface area contributed by atoms with E-state index in [1.807, 2.05) is 6.92 Å². The van der Waals surface area contributed by atoms with E-state index in [0.29, 0.717) is 22.7 Å². The molecule has 1 aliphatic heterocycles. The summed E-state index contributed by atoms with van der Waals surface area (Å²) in [5.41, 5.74) is 0.996. The van der Waals surface area contributed by atoms with Crippen molar-refractivity contribution in [1.29, 1.82) is 0 Å². The van der Waals surface area contributed by atoms with Gasteiger partial charge in [-0.25, -0.2) is 4.39 Å². The van der Waals surface area contributed by atoms with E-state index in [4.69, 9.17) is 28.0 Å². The highest BCUT2D eigenvalue weighted by atomic mass is 35.5. The van der Waals surface area contributed by atoms with Gasteiger partial charge in [-0.3, -0.25) is 0 Å². The van der Waals surface area contributed by atoms with E-state index in [2.05, 4.69) is 5.16 Å². The van der Waals surface area contributed by atoms with Gasteiger partial charge in [0.15, 0.2) is 0 Å². The third-order valence-electron chi connectivity index (χ3n) is 2.45. The zero-order valence-corrected chi connectivity index (χ0v) is 10.1. The highest BCUT2D eigenvalue weighted by Gasteiger charge is 2.27. The van der Waals surface area contributed by atoms with Crippen LogP contribution in [0, 0.1) is 5.82 Å². The van der Waals surface area contributed by atoms with Gasteiger partial charge >= 0.3 is 0 Å².